The molecule has 0 aliphatic heterocycles. The zero-order valence-corrected chi connectivity index (χ0v) is 19.0. The molecule has 0 spiro atoms. The van der Waals surface area contributed by atoms with Gasteiger partial charge in [-0.3, -0.25) is 9.59 Å². The van der Waals surface area contributed by atoms with Gasteiger partial charge in [-0.25, -0.2) is 4.98 Å². The number of carbonyl (C=O) groups is 2. The van der Waals surface area contributed by atoms with Crippen molar-refractivity contribution in [1.29, 1.82) is 0 Å². The van der Waals surface area contributed by atoms with Crippen LogP contribution >= 0.6 is 15.9 Å². The number of imidazole rings is 1. The molecule has 30 heavy (non-hydrogen) atoms. The minimum absolute atomic E-state index is 0.0618. The number of para-hydroxylation sites is 2. The fraction of sp³-hybridized carbons (Fsp3) is 0.348. The number of hydrogen-bond donors (Lipinski definition) is 1. The predicted octanol–water partition coefficient (Wildman–Crippen LogP) is 4.03. The van der Waals surface area contributed by atoms with Crippen LogP contribution in [-0.4, -0.2) is 46.4 Å². The van der Waals surface area contributed by atoms with Crippen LogP contribution in [-0.2, 0) is 17.8 Å². The number of halogens is 1. The monoisotopic (exact) mass is 470 g/mol. The van der Waals surface area contributed by atoms with E-state index in [1.807, 2.05) is 48.0 Å². The lowest BCUT2D eigenvalue weighted by Crippen LogP contribution is -2.32. The van der Waals surface area contributed by atoms with Crippen molar-refractivity contribution in [3.05, 3.63) is 64.4 Å². The van der Waals surface area contributed by atoms with Crippen molar-refractivity contribution in [3.63, 3.8) is 0 Å². The summed E-state index contributed by atoms with van der Waals surface area (Å²) in [5.74, 6) is 0.733. The number of rotatable bonds is 9. The van der Waals surface area contributed by atoms with Crippen LogP contribution in [0.5, 0.6) is 0 Å². The maximum Gasteiger partial charge on any atom is 0.251 e. The number of fused-ring (bicyclic) bond motifs is 1. The molecule has 0 aliphatic carbocycles. The number of unbranched alkanes of at least 4 members (excludes halogenated alkanes) is 1. The van der Waals surface area contributed by atoms with Crippen molar-refractivity contribution < 1.29 is 9.59 Å². The number of likely N-dealkylation sites (N-methyl/N-ethyl adjacent to an activating group) is 1. The lowest BCUT2D eigenvalue weighted by atomic mass is 10.2. The smallest absolute Gasteiger partial charge is 0.251 e. The molecule has 158 valence electrons. The van der Waals surface area contributed by atoms with Crippen molar-refractivity contribution in [2.24, 2.45) is 0 Å². The average molecular weight is 471 g/mol. The summed E-state index contributed by atoms with van der Waals surface area (Å²) in [4.78, 5) is 31.5. The first-order valence-corrected chi connectivity index (χ1v) is 11.0. The predicted molar refractivity (Wildman–Crippen MR) is 122 cm³/mol. The topological polar surface area (TPSA) is 67.2 Å². The van der Waals surface area contributed by atoms with Crippen molar-refractivity contribution >= 4 is 38.8 Å². The van der Waals surface area contributed by atoms with Gasteiger partial charge < -0.3 is 14.8 Å². The summed E-state index contributed by atoms with van der Waals surface area (Å²) in [5, 5.41) is 2.94. The molecule has 1 N–H and O–H groups in total. The van der Waals surface area contributed by atoms with Gasteiger partial charge in [-0.2, -0.15) is 0 Å². The number of hydrogen-bond acceptors (Lipinski definition) is 3. The normalized spacial score (nSPS) is 10.9. The Morgan fingerprint density at radius 1 is 1.13 bits per heavy atom. The minimum Gasteiger partial charge on any atom is -0.352 e. The van der Waals surface area contributed by atoms with Gasteiger partial charge in [0, 0.05) is 36.6 Å². The van der Waals surface area contributed by atoms with Crippen LogP contribution in [0.25, 0.3) is 11.0 Å². The summed E-state index contributed by atoms with van der Waals surface area (Å²) in [7, 11) is 1.84. The Labute approximate surface area is 185 Å². The van der Waals surface area contributed by atoms with E-state index in [-0.39, 0.29) is 18.4 Å². The number of benzene rings is 2. The van der Waals surface area contributed by atoms with Gasteiger partial charge in [0.15, 0.2) is 0 Å². The fourth-order valence-electron chi connectivity index (χ4n) is 3.26. The lowest BCUT2D eigenvalue weighted by molar-refractivity contribution is -0.130. The van der Waals surface area contributed by atoms with Gasteiger partial charge in [0.25, 0.3) is 5.91 Å². The van der Waals surface area contributed by atoms with E-state index in [0.29, 0.717) is 18.5 Å². The number of nitrogens with one attached hydrogen (secondary N) is 1. The molecule has 7 heteroatoms. The molecule has 0 fully saturated rings. The first-order valence-electron chi connectivity index (χ1n) is 10.2. The first kappa shape index (κ1) is 22.0. The lowest BCUT2D eigenvalue weighted by Gasteiger charge is -2.18. The van der Waals surface area contributed by atoms with E-state index >= 15 is 0 Å². The SMILES string of the molecule is CCCCN(C)C(=O)Cn1c(CCNC(=O)c2ccc(Br)cc2)nc2ccccc21. The van der Waals surface area contributed by atoms with E-state index < -0.39 is 0 Å². The molecule has 3 rings (SSSR count). The standard InChI is InChI=1S/C23H27BrN4O2/c1-3-4-15-27(2)22(29)16-28-20-8-6-5-7-19(20)26-21(28)13-14-25-23(30)17-9-11-18(24)12-10-17/h5-12H,3-4,13-16H2,1-2H3,(H,25,30). The summed E-state index contributed by atoms with van der Waals surface area (Å²) >= 11 is 3.37. The Morgan fingerprint density at radius 2 is 1.87 bits per heavy atom. The summed E-state index contributed by atoms with van der Waals surface area (Å²) in [6.07, 6.45) is 2.58. The highest BCUT2D eigenvalue weighted by Crippen LogP contribution is 2.17. The van der Waals surface area contributed by atoms with E-state index in [9.17, 15) is 9.59 Å². The molecule has 0 aliphatic rings. The summed E-state index contributed by atoms with van der Waals surface area (Å²) < 4.78 is 2.90. The highest BCUT2D eigenvalue weighted by atomic mass is 79.9. The molecular formula is C23H27BrN4O2. The van der Waals surface area contributed by atoms with E-state index in [2.05, 4.69) is 28.2 Å². The number of amides is 2. The van der Waals surface area contributed by atoms with Gasteiger partial charge in [-0.15, -0.1) is 0 Å². The second kappa shape index (κ2) is 10.4. The molecule has 0 radical (unpaired) electrons. The van der Waals surface area contributed by atoms with Crippen LogP contribution in [0, 0.1) is 0 Å². The van der Waals surface area contributed by atoms with Crippen LogP contribution in [0.3, 0.4) is 0 Å². The quantitative estimate of drug-likeness (QED) is 0.513. The van der Waals surface area contributed by atoms with Crippen molar-refractivity contribution in [2.75, 3.05) is 20.1 Å². The molecule has 0 saturated heterocycles. The van der Waals surface area contributed by atoms with E-state index in [1.165, 1.54) is 0 Å². The summed E-state index contributed by atoms with van der Waals surface area (Å²) in [6.45, 7) is 3.55. The van der Waals surface area contributed by atoms with Gasteiger partial charge >= 0.3 is 0 Å². The molecule has 0 unspecified atom stereocenters. The van der Waals surface area contributed by atoms with E-state index in [4.69, 9.17) is 4.98 Å². The molecule has 1 aromatic heterocycles. The summed E-state index contributed by atoms with van der Waals surface area (Å²) in [5.41, 5.74) is 2.40. The molecule has 2 amide bonds. The molecule has 0 atom stereocenters. The van der Waals surface area contributed by atoms with Crippen LogP contribution in [0.2, 0.25) is 0 Å². The Kier molecular flexibility index (Phi) is 7.63. The van der Waals surface area contributed by atoms with Crippen molar-refractivity contribution in [1.82, 2.24) is 19.8 Å². The Bertz CT molecular complexity index is 1010. The average Bonchev–Trinajstić information content (AvgIpc) is 3.09. The molecule has 0 bridgehead atoms. The van der Waals surface area contributed by atoms with Crippen LogP contribution < -0.4 is 5.32 Å². The minimum atomic E-state index is -0.125. The Hall–Kier alpha value is -2.67. The second-order valence-electron chi connectivity index (χ2n) is 7.28. The third-order valence-electron chi connectivity index (χ3n) is 5.04. The fourth-order valence-corrected chi connectivity index (χ4v) is 3.52. The third-order valence-corrected chi connectivity index (χ3v) is 5.57. The van der Waals surface area contributed by atoms with E-state index in [1.54, 1.807) is 17.0 Å². The van der Waals surface area contributed by atoms with Crippen LogP contribution in [0.1, 0.15) is 35.9 Å². The van der Waals surface area contributed by atoms with Gasteiger partial charge in [0.05, 0.1) is 11.0 Å². The Balaban J connectivity index is 1.70. The van der Waals surface area contributed by atoms with Gasteiger partial charge in [0.1, 0.15) is 12.4 Å². The molecular weight excluding hydrogens is 444 g/mol. The van der Waals surface area contributed by atoms with E-state index in [0.717, 1.165) is 40.7 Å². The van der Waals surface area contributed by atoms with Crippen molar-refractivity contribution in [3.8, 4) is 0 Å². The van der Waals surface area contributed by atoms with Crippen LogP contribution in [0.15, 0.2) is 53.0 Å². The largest absolute Gasteiger partial charge is 0.352 e. The van der Waals surface area contributed by atoms with Gasteiger partial charge in [0.2, 0.25) is 5.91 Å². The molecule has 3 aromatic rings. The van der Waals surface area contributed by atoms with Crippen LogP contribution in [0.4, 0.5) is 0 Å². The highest BCUT2D eigenvalue weighted by molar-refractivity contribution is 9.10. The zero-order chi connectivity index (χ0) is 21.5. The first-order chi connectivity index (χ1) is 14.5. The number of aromatic nitrogens is 2. The molecule has 1 heterocycles. The third kappa shape index (κ3) is 5.48. The zero-order valence-electron chi connectivity index (χ0n) is 17.4. The Morgan fingerprint density at radius 3 is 2.60 bits per heavy atom. The molecule has 6 nitrogen and oxygen atoms in total. The van der Waals surface area contributed by atoms with Crippen molar-refractivity contribution in [2.45, 2.75) is 32.7 Å². The highest BCUT2D eigenvalue weighted by Gasteiger charge is 2.16. The molecule has 2 aromatic carbocycles. The van der Waals surface area contributed by atoms with Gasteiger partial charge in [-0.1, -0.05) is 41.4 Å². The number of nitrogens with zero attached hydrogens (tertiary/aromatic N) is 3. The number of carbonyl (C=O) groups excluding carboxylic acids is 2. The summed E-state index contributed by atoms with van der Waals surface area (Å²) in [6, 6.07) is 15.0. The second-order valence-corrected chi connectivity index (χ2v) is 8.20. The molecule has 0 saturated carbocycles. The maximum atomic E-state index is 12.7. The maximum absolute atomic E-state index is 12.7. The van der Waals surface area contributed by atoms with Gasteiger partial charge in [-0.05, 0) is 42.8 Å².